The molecule has 1 heteroatoms. The molecule has 1 aromatic heterocycles. The van der Waals surface area contributed by atoms with Gasteiger partial charge in [0, 0.05) is 10.8 Å². The van der Waals surface area contributed by atoms with E-state index in [9.17, 15) is 0 Å². The van der Waals surface area contributed by atoms with Crippen LogP contribution in [0.5, 0.6) is 0 Å². The second-order valence-electron chi connectivity index (χ2n) is 14.5. The Morgan fingerprint density at radius 2 is 0.836 bits per heavy atom. The Balaban J connectivity index is 1.08. The third-order valence-corrected chi connectivity index (χ3v) is 11.2. The van der Waals surface area contributed by atoms with Crippen molar-refractivity contribution >= 4 is 54.3 Å². The molecule has 0 fully saturated rings. The Morgan fingerprint density at radius 1 is 0.236 bits per heavy atom. The molecule has 11 rings (SSSR count). The van der Waals surface area contributed by atoms with Gasteiger partial charge in [0.1, 0.15) is 11.2 Å². The fourth-order valence-corrected chi connectivity index (χ4v) is 8.51. The molecule has 0 aliphatic carbocycles. The number of hydrogen-bond donors (Lipinski definition) is 0. The van der Waals surface area contributed by atoms with Gasteiger partial charge in [0.15, 0.2) is 0 Å². The van der Waals surface area contributed by atoms with Crippen molar-refractivity contribution in [1.82, 2.24) is 0 Å². The van der Waals surface area contributed by atoms with E-state index >= 15 is 0 Å². The first-order chi connectivity index (χ1) is 27.2. The zero-order valence-electron chi connectivity index (χ0n) is 30.0. The summed E-state index contributed by atoms with van der Waals surface area (Å²) in [6, 6.07) is 74.9. The van der Waals surface area contributed by atoms with Crippen LogP contribution in [-0.4, -0.2) is 0 Å². The van der Waals surface area contributed by atoms with Crippen LogP contribution in [0.1, 0.15) is 0 Å². The van der Waals surface area contributed by atoms with Gasteiger partial charge in [-0.05, 0) is 143 Å². The molecule has 0 N–H and O–H groups in total. The van der Waals surface area contributed by atoms with E-state index in [1.165, 1.54) is 88.0 Å². The van der Waals surface area contributed by atoms with Crippen molar-refractivity contribution in [2.75, 3.05) is 0 Å². The van der Waals surface area contributed by atoms with Gasteiger partial charge in [0.25, 0.3) is 0 Å². The molecule has 0 bridgehead atoms. The number of rotatable bonds is 5. The molecule has 0 saturated carbocycles. The van der Waals surface area contributed by atoms with E-state index in [1.54, 1.807) is 0 Å². The molecular weight excluding hydrogens is 665 g/mol. The third kappa shape index (κ3) is 5.40. The monoisotopic (exact) mass is 698 g/mol. The lowest BCUT2D eigenvalue weighted by molar-refractivity contribution is 0.669. The molecule has 0 radical (unpaired) electrons. The average molecular weight is 699 g/mol. The van der Waals surface area contributed by atoms with Crippen LogP contribution >= 0.6 is 0 Å². The molecule has 0 unspecified atom stereocenters. The number of fused-ring (bicyclic) bond motifs is 7. The third-order valence-electron chi connectivity index (χ3n) is 11.2. The summed E-state index contributed by atoms with van der Waals surface area (Å²) in [5.74, 6) is 0. The van der Waals surface area contributed by atoms with E-state index in [2.05, 4.69) is 206 Å². The van der Waals surface area contributed by atoms with Gasteiger partial charge >= 0.3 is 0 Å². The summed E-state index contributed by atoms with van der Waals surface area (Å²) in [4.78, 5) is 0. The molecule has 256 valence electrons. The highest BCUT2D eigenvalue weighted by atomic mass is 16.3. The largest absolute Gasteiger partial charge is 0.456 e. The summed E-state index contributed by atoms with van der Waals surface area (Å²) in [5, 5.41) is 9.76. The molecule has 10 aromatic carbocycles. The van der Waals surface area contributed by atoms with Crippen molar-refractivity contribution in [2.24, 2.45) is 0 Å². The van der Waals surface area contributed by atoms with Crippen molar-refractivity contribution in [1.29, 1.82) is 0 Å². The zero-order chi connectivity index (χ0) is 36.3. The first-order valence-corrected chi connectivity index (χ1v) is 18.9. The fraction of sp³-hybridized carbons (Fsp3) is 0. The van der Waals surface area contributed by atoms with Crippen LogP contribution in [-0.2, 0) is 0 Å². The highest BCUT2D eigenvalue weighted by molar-refractivity contribution is 6.15. The summed E-state index contributed by atoms with van der Waals surface area (Å²) in [6.07, 6.45) is 0. The van der Waals surface area contributed by atoms with Gasteiger partial charge in [0.05, 0.1) is 0 Å². The van der Waals surface area contributed by atoms with Crippen molar-refractivity contribution in [2.45, 2.75) is 0 Å². The first-order valence-electron chi connectivity index (χ1n) is 18.9. The van der Waals surface area contributed by atoms with Crippen molar-refractivity contribution in [3.63, 3.8) is 0 Å². The van der Waals surface area contributed by atoms with Crippen LogP contribution in [0.3, 0.4) is 0 Å². The van der Waals surface area contributed by atoms with Gasteiger partial charge in [-0.2, -0.15) is 0 Å². The lowest BCUT2D eigenvalue weighted by atomic mass is 9.89. The maximum atomic E-state index is 6.42. The SMILES string of the molecule is c1ccc(-c2cc(-c3ccc4ccc(-c5cccc6oc7ccc(-c8ccccc8)cc7c56)cc4c3)cc(-c3cc4ccccc4c4ccccc34)c2)cc1. The van der Waals surface area contributed by atoms with E-state index in [4.69, 9.17) is 4.42 Å². The van der Waals surface area contributed by atoms with Crippen LogP contribution in [0.25, 0.3) is 110 Å². The van der Waals surface area contributed by atoms with Crippen molar-refractivity contribution in [3.8, 4) is 55.6 Å². The predicted octanol–water partition coefficient (Wildman–Crippen LogP) is 15.4. The maximum Gasteiger partial charge on any atom is 0.136 e. The Bertz CT molecular complexity index is 3240. The van der Waals surface area contributed by atoms with Crippen LogP contribution < -0.4 is 0 Å². The lowest BCUT2D eigenvalue weighted by Crippen LogP contribution is -1.89. The number of benzene rings is 10. The molecular formula is C54H34O. The summed E-state index contributed by atoms with van der Waals surface area (Å²) < 4.78 is 6.42. The van der Waals surface area contributed by atoms with Crippen LogP contribution in [0.4, 0.5) is 0 Å². The van der Waals surface area contributed by atoms with Gasteiger partial charge in [-0.15, -0.1) is 0 Å². The fourth-order valence-electron chi connectivity index (χ4n) is 8.51. The van der Waals surface area contributed by atoms with E-state index in [0.717, 1.165) is 21.9 Å². The molecule has 0 aliphatic heterocycles. The molecule has 0 saturated heterocycles. The van der Waals surface area contributed by atoms with Gasteiger partial charge in [0.2, 0.25) is 0 Å². The first kappa shape index (κ1) is 31.3. The van der Waals surface area contributed by atoms with Crippen molar-refractivity contribution < 1.29 is 4.42 Å². The Morgan fingerprint density at radius 3 is 1.64 bits per heavy atom. The normalized spacial score (nSPS) is 11.6. The number of furan rings is 1. The Hall–Kier alpha value is -7.22. The highest BCUT2D eigenvalue weighted by Gasteiger charge is 2.16. The minimum absolute atomic E-state index is 0.901. The maximum absolute atomic E-state index is 6.42. The molecule has 55 heavy (non-hydrogen) atoms. The summed E-state index contributed by atoms with van der Waals surface area (Å²) >= 11 is 0. The van der Waals surface area contributed by atoms with E-state index < -0.39 is 0 Å². The highest BCUT2D eigenvalue weighted by Crippen LogP contribution is 2.42. The quantitative estimate of drug-likeness (QED) is 0.163. The average Bonchev–Trinajstić information content (AvgIpc) is 3.64. The van der Waals surface area contributed by atoms with Gasteiger partial charge in [-0.1, -0.05) is 152 Å². The van der Waals surface area contributed by atoms with E-state index in [-0.39, 0.29) is 0 Å². The lowest BCUT2D eigenvalue weighted by Gasteiger charge is -2.15. The second-order valence-corrected chi connectivity index (χ2v) is 14.5. The molecule has 1 heterocycles. The van der Waals surface area contributed by atoms with Crippen LogP contribution in [0.15, 0.2) is 211 Å². The van der Waals surface area contributed by atoms with E-state index in [0.29, 0.717) is 0 Å². The summed E-state index contributed by atoms with van der Waals surface area (Å²) in [7, 11) is 0. The smallest absolute Gasteiger partial charge is 0.136 e. The molecule has 0 amide bonds. The summed E-state index contributed by atoms with van der Waals surface area (Å²) in [6.45, 7) is 0. The molecule has 0 spiro atoms. The standard InChI is InChI=1S/C54H34O/c1-3-12-35(13-4-1)39-26-27-52-51(33-39)54-47(20-11-21-53(54)55-52)41-25-23-37-22-24-38(28-42(37)29-41)44-30-43(36-14-5-2-6-15-36)31-45(32-44)50-34-40-16-7-8-17-46(40)48-18-9-10-19-49(48)50/h1-34H. The Labute approximate surface area is 319 Å². The predicted molar refractivity (Wildman–Crippen MR) is 233 cm³/mol. The second kappa shape index (κ2) is 12.7. The van der Waals surface area contributed by atoms with Crippen LogP contribution in [0, 0.1) is 0 Å². The Kier molecular flexibility index (Phi) is 7.25. The molecule has 1 nitrogen and oxygen atoms in total. The molecule has 0 aliphatic rings. The van der Waals surface area contributed by atoms with Crippen molar-refractivity contribution in [3.05, 3.63) is 206 Å². The van der Waals surface area contributed by atoms with Crippen LogP contribution in [0.2, 0.25) is 0 Å². The number of hydrogen-bond acceptors (Lipinski definition) is 1. The van der Waals surface area contributed by atoms with Gasteiger partial charge < -0.3 is 4.42 Å². The summed E-state index contributed by atoms with van der Waals surface area (Å²) in [5.41, 5.74) is 13.8. The van der Waals surface area contributed by atoms with Gasteiger partial charge in [-0.25, -0.2) is 0 Å². The van der Waals surface area contributed by atoms with E-state index in [1.807, 2.05) is 0 Å². The van der Waals surface area contributed by atoms with Gasteiger partial charge in [-0.3, -0.25) is 0 Å². The molecule has 11 aromatic rings. The minimum atomic E-state index is 0.901. The molecule has 0 atom stereocenters. The topological polar surface area (TPSA) is 13.1 Å². The minimum Gasteiger partial charge on any atom is -0.456 e. The zero-order valence-corrected chi connectivity index (χ0v) is 30.0.